The highest BCUT2D eigenvalue weighted by Gasteiger charge is 2.20. The number of hydrogen-bond donors (Lipinski definition) is 3. The molecule has 0 aromatic carbocycles. The number of hydrogen-bond acceptors (Lipinski definition) is 4. The number of aliphatic hydroxyl groups excluding tert-OH is 1. The summed E-state index contributed by atoms with van der Waals surface area (Å²) in [7, 11) is 0. The van der Waals surface area contributed by atoms with Gasteiger partial charge < -0.3 is 15.5 Å². The van der Waals surface area contributed by atoms with Crippen molar-refractivity contribution in [3.05, 3.63) is 0 Å². The van der Waals surface area contributed by atoms with E-state index in [4.69, 9.17) is 10.2 Å². The maximum absolute atomic E-state index is 11.5. The van der Waals surface area contributed by atoms with Crippen LogP contribution >= 0.6 is 0 Å². The van der Waals surface area contributed by atoms with Crippen molar-refractivity contribution in [1.82, 2.24) is 5.32 Å². The molecule has 0 aliphatic carbocycles. The fraction of sp³-hybridized carbons (Fsp3) is 0.750. The molecule has 3 N–H and O–H groups in total. The number of nitrogens with zero attached hydrogens (tertiary/aromatic N) is 1. The molecular formula is C12H22N2O4. The molecule has 0 saturated carbocycles. The Bertz CT molecular complexity index is 290. The lowest BCUT2D eigenvalue weighted by molar-refractivity contribution is -0.127. The highest BCUT2D eigenvalue weighted by atomic mass is 16.5. The number of nitrogens with one attached hydrogen (secondary N) is 1. The van der Waals surface area contributed by atoms with Crippen molar-refractivity contribution < 1.29 is 19.8 Å². The Hall–Kier alpha value is -1.27. The predicted octanol–water partition coefficient (Wildman–Crippen LogP) is 0.225. The van der Waals surface area contributed by atoms with E-state index in [1.807, 2.05) is 13.8 Å². The van der Waals surface area contributed by atoms with E-state index >= 15 is 0 Å². The van der Waals surface area contributed by atoms with Crippen molar-refractivity contribution >= 4 is 18.5 Å². The zero-order valence-corrected chi connectivity index (χ0v) is 10.9. The second-order valence-corrected chi connectivity index (χ2v) is 4.62. The SMILES string of the molecule is C=NC(=O)[C@H](CC(C)C)NC(=O)CCCC(O)O. The zero-order valence-electron chi connectivity index (χ0n) is 10.9. The highest BCUT2D eigenvalue weighted by molar-refractivity contribution is 5.90. The molecule has 1 atom stereocenters. The number of amides is 2. The first-order chi connectivity index (χ1) is 8.36. The first kappa shape index (κ1) is 16.7. The van der Waals surface area contributed by atoms with Crippen LogP contribution in [-0.4, -0.2) is 41.1 Å². The maximum Gasteiger partial charge on any atom is 0.267 e. The zero-order chi connectivity index (χ0) is 14.1. The van der Waals surface area contributed by atoms with Crippen LogP contribution in [0, 0.1) is 5.92 Å². The van der Waals surface area contributed by atoms with Crippen molar-refractivity contribution in [2.45, 2.75) is 51.9 Å². The molecule has 0 rings (SSSR count). The van der Waals surface area contributed by atoms with Gasteiger partial charge in [-0.05, 0) is 31.9 Å². The van der Waals surface area contributed by atoms with Crippen molar-refractivity contribution in [2.24, 2.45) is 10.9 Å². The fourth-order valence-corrected chi connectivity index (χ4v) is 1.51. The molecule has 18 heavy (non-hydrogen) atoms. The summed E-state index contributed by atoms with van der Waals surface area (Å²) in [5.74, 6) is -0.488. The summed E-state index contributed by atoms with van der Waals surface area (Å²) in [6.07, 6.45) is -0.257. The summed E-state index contributed by atoms with van der Waals surface area (Å²) >= 11 is 0. The summed E-state index contributed by atoms with van der Waals surface area (Å²) in [5.41, 5.74) is 0. The Kier molecular flexibility index (Phi) is 8.15. The molecule has 0 aromatic rings. The second-order valence-electron chi connectivity index (χ2n) is 4.62. The van der Waals surface area contributed by atoms with Gasteiger partial charge in [-0.1, -0.05) is 13.8 Å². The number of aliphatic imine (C=N–C) groups is 1. The van der Waals surface area contributed by atoms with Crippen molar-refractivity contribution in [3.8, 4) is 0 Å². The van der Waals surface area contributed by atoms with Crippen LogP contribution in [0.5, 0.6) is 0 Å². The van der Waals surface area contributed by atoms with Crippen LogP contribution in [-0.2, 0) is 9.59 Å². The molecule has 0 unspecified atom stereocenters. The predicted molar refractivity (Wildman–Crippen MR) is 68.0 cm³/mol. The summed E-state index contributed by atoms with van der Waals surface area (Å²) in [6.45, 7) is 7.05. The maximum atomic E-state index is 11.5. The molecule has 0 aromatic heterocycles. The molecule has 0 spiro atoms. The second kappa shape index (κ2) is 8.77. The molecular weight excluding hydrogens is 236 g/mol. The van der Waals surface area contributed by atoms with E-state index in [0.29, 0.717) is 12.8 Å². The number of carbonyl (C=O) groups excluding carboxylic acids is 2. The molecule has 0 saturated heterocycles. The third kappa shape index (κ3) is 7.92. The van der Waals surface area contributed by atoms with E-state index in [9.17, 15) is 9.59 Å². The Morgan fingerprint density at radius 1 is 1.33 bits per heavy atom. The summed E-state index contributed by atoms with van der Waals surface area (Å²) in [5, 5.41) is 19.9. The van der Waals surface area contributed by atoms with Crippen LogP contribution in [0.2, 0.25) is 0 Å². The van der Waals surface area contributed by atoms with Crippen LogP contribution in [0.4, 0.5) is 0 Å². The van der Waals surface area contributed by atoms with E-state index in [1.165, 1.54) is 0 Å². The number of aliphatic hydroxyl groups is 2. The van der Waals surface area contributed by atoms with Crippen molar-refractivity contribution in [2.75, 3.05) is 0 Å². The fourth-order valence-electron chi connectivity index (χ4n) is 1.51. The lowest BCUT2D eigenvalue weighted by Gasteiger charge is -2.17. The van der Waals surface area contributed by atoms with Crippen molar-refractivity contribution in [1.29, 1.82) is 0 Å². The van der Waals surface area contributed by atoms with Gasteiger partial charge >= 0.3 is 0 Å². The molecule has 6 nitrogen and oxygen atoms in total. The van der Waals surface area contributed by atoms with Crippen LogP contribution in [0.3, 0.4) is 0 Å². The van der Waals surface area contributed by atoms with E-state index in [-0.39, 0.29) is 24.7 Å². The Balaban J connectivity index is 4.18. The normalized spacial score (nSPS) is 12.6. The monoisotopic (exact) mass is 258 g/mol. The van der Waals surface area contributed by atoms with Crippen LogP contribution < -0.4 is 5.32 Å². The molecule has 0 fully saturated rings. The van der Waals surface area contributed by atoms with Crippen molar-refractivity contribution in [3.63, 3.8) is 0 Å². The number of carbonyl (C=O) groups is 2. The van der Waals surface area contributed by atoms with E-state index in [2.05, 4.69) is 17.0 Å². The lowest BCUT2D eigenvalue weighted by Crippen LogP contribution is -2.41. The van der Waals surface area contributed by atoms with Gasteiger partial charge in [0.05, 0.1) is 0 Å². The summed E-state index contributed by atoms with van der Waals surface area (Å²) in [6, 6.07) is -0.644. The van der Waals surface area contributed by atoms with Gasteiger partial charge in [-0.2, -0.15) is 0 Å². The average molecular weight is 258 g/mol. The van der Waals surface area contributed by atoms with E-state index in [0.717, 1.165) is 0 Å². The molecule has 0 bridgehead atoms. The average Bonchev–Trinajstić information content (AvgIpc) is 2.25. The van der Waals surface area contributed by atoms with E-state index < -0.39 is 18.2 Å². The van der Waals surface area contributed by atoms with Gasteiger partial charge in [0.25, 0.3) is 5.91 Å². The Labute approximate surface area is 107 Å². The van der Waals surface area contributed by atoms with Crippen LogP contribution in [0.15, 0.2) is 4.99 Å². The molecule has 2 amide bonds. The topological polar surface area (TPSA) is 99.0 Å². The molecule has 0 heterocycles. The van der Waals surface area contributed by atoms with E-state index in [1.54, 1.807) is 0 Å². The van der Waals surface area contributed by atoms with Gasteiger partial charge in [-0.15, -0.1) is 0 Å². The third-order valence-electron chi connectivity index (χ3n) is 2.36. The first-order valence-electron chi connectivity index (χ1n) is 6.02. The van der Waals surface area contributed by atoms with Gasteiger partial charge in [0.15, 0.2) is 6.29 Å². The standard InChI is InChI=1S/C12H22N2O4/c1-8(2)7-9(12(18)13-3)14-10(15)5-4-6-11(16)17/h8-9,11,16-17H,3-7H2,1-2H3,(H,14,15)/t9-/m0/s1. The molecule has 104 valence electrons. The van der Waals surface area contributed by atoms with Gasteiger partial charge in [0.2, 0.25) is 5.91 Å². The smallest absolute Gasteiger partial charge is 0.267 e. The summed E-state index contributed by atoms with van der Waals surface area (Å²) in [4.78, 5) is 26.3. The largest absolute Gasteiger partial charge is 0.368 e. The van der Waals surface area contributed by atoms with Crippen LogP contribution in [0.25, 0.3) is 0 Å². The highest BCUT2D eigenvalue weighted by Crippen LogP contribution is 2.07. The third-order valence-corrected chi connectivity index (χ3v) is 2.36. The minimum Gasteiger partial charge on any atom is -0.368 e. The molecule has 0 aliphatic heterocycles. The lowest BCUT2D eigenvalue weighted by atomic mass is 10.0. The molecule has 6 heteroatoms. The quantitative estimate of drug-likeness (QED) is 0.428. The molecule has 0 aliphatic rings. The minimum atomic E-state index is -1.40. The summed E-state index contributed by atoms with van der Waals surface area (Å²) < 4.78 is 0. The van der Waals surface area contributed by atoms with Gasteiger partial charge in [0.1, 0.15) is 6.04 Å². The molecule has 0 radical (unpaired) electrons. The van der Waals surface area contributed by atoms with Gasteiger partial charge in [-0.25, -0.2) is 4.99 Å². The first-order valence-corrected chi connectivity index (χ1v) is 6.02. The number of rotatable bonds is 8. The van der Waals surface area contributed by atoms with Gasteiger partial charge in [-0.3, -0.25) is 9.59 Å². The minimum absolute atomic E-state index is 0.135. The Morgan fingerprint density at radius 2 is 1.94 bits per heavy atom. The Morgan fingerprint density at radius 3 is 2.39 bits per heavy atom. The van der Waals surface area contributed by atoms with Crippen LogP contribution in [0.1, 0.15) is 39.5 Å². The van der Waals surface area contributed by atoms with Gasteiger partial charge in [0, 0.05) is 6.42 Å².